The molecule has 0 unspecified atom stereocenters. The van der Waals surface area contributed by atoms with E-state index in [1.807, 2.05) is 48.5 Å². The van der Waals surface area contributed by atoms with Crippen LogP contribution in [0.1, 0.15) is 54.9 Å². The Morgan fingerprint density at radius 2 is 1.71 bits per heavy atom. The van der Waals surface area contributed by atoms with Gasteiger partial charge in [-0.15, -0.1) is 0 Å². The Labute approximate surface area is 105 Å². The fourth-order valence-electron chi connectivity index (χ4n) is 1.29. The molecule has 2 N–H and O–H groups in total. The van der Waals surface area contributed by atoms with E-state index in [0.29, 0.717) is 6.54 Å². The van der Waals surface area contributed by atoms with Gasteiger partial charge in [-0.1, -0.05) is 0 Å². The lowest BCUT2D eigenvalue weighted by molar-refractivity contribution is 0.0180. The summed E-state index contributed by atoms with van der Waals surface area (Å²) in [5.74, 6) is 0. The molecule has 0 radical (unpaired) electrons. The monoisotopic (exact) mass is 244 g/mol. The van der Waals surface area contributed by atoms with E-state index < -0.39 is 5.60 Å². The first kappa shape index (κ1) is 16.2. The third-order valence-corrected chi connectivity index (χ3v) is 2.25. The highest BCUT2D eigenvalue weighted by Gasteiger charge is 2.25. The largest absolute Gasteiger partial charge is 0.444 e. The van der Waals surface area contributed by atoms with Crippen LogP contribution in [0.25, 0.3) is 0 Å². The van der Waals surface area contributed by atoms with Gasteiger partial charge in [-0.2, -0.15) is 0 Å². The van der Waals surface area contributed by atoms with Gasteiger partial charge in [0.25, 0.3) is 0 Å². The van der Waals surface area contributed by atoms with Crippen molar-refractivity contribution in [2.24, 2.45) is 5.73 Å². The molecule has 0 saturated carbocycles. The Morgan fingerprint density at radius 3 is 2.00 bits per heavy atom. The molecule has 0 spiro atoms. The summed E-state index contributed by atoms with van der Waals surface area (Å²) < 4.78 is 5.37. The van der Waals surface area contributed by atoms with Crippen molar-refractivity contribution in [3.8, 4) is 0 Å². The van der Waals surface area contributed by atoms with Crippen molar-refractivity contribution in [3.05, 3.63) is 0 Å². The molecule has 0 aliphatic rings. The number of nitrogens with two attached hydrogens (primary N) is 1. The summed E-state index contributed by atoms with van der Waals surface area (Å²) in [7, 11) is 0. The number of hydrogen-bond acceptors (Lipinski definition) is 3. The molecule has 0 rings (SSSR count). The molecule has 17 heavy (non-hydrogen) atoms. The number of carbonyl (C=O) groups is 1. The molecular formula is C13H28N2O2. The van der Waals surface area contributed by atoms with E-state index in [0.717, 1.165) is 6.42 Å². The molecule has 0 aromatic carbocycles. The van der Waals surface area contributed by atoms with E-state index in [2.05, 4.69) is 0 Å². The maximum Gasteiger partial charge on any atom is 0.410 e. The van der Waals surface area contributed by atoms with Crippen LogP contribution in [-0.2, 0) is 4.74 Å². The second-order valence-corrected chi connectivity index (χ2v) is 6.51. The first-order chi connectivity index (χ1) is 7.42. The van der Waals surface area contributed by atoms with Gasteiger partial charge >= 0.3 is 6.09 Å². The van der Waals surface area contributed by atoms with Crippen molar-refractivity contribution in [1.82, 2.24) is 4.90 Å². The first-order valence-corrected chi connectivity index (χ1v) is 6.21. The standard InChI is InChI=1S/C13H28N2O2/c1-10(2)15(9-8-13(6,7)14)11(16)17-12(3,4)5/h10H,8-9,14H2,1-7H3. The van der Waals surface area contributed by atoms with Crippen LogP contribution in [0.4, 0.5) is 4.79 Å². The highest BCUT2D eigenvalue weighted by Crippen LogP contribution is 2.14. The molecule has 0 fully saturated rings. The van der Waals surface area contributed by atoms with Gasteiger partial charge in [0.05, 0.1) is 0 Å². The van der Waals surface area contributed by atoms with Crippen LogP contribution >= 0.6 is 0 Å². The van der Waals surface area contributed by atoms with Gasteiger partial charge in [-0.3, -0.25) is 0 Å². The lowest BCUT2D eigenvalue weighted by Gasteiger charge is -2.32. The molecule has 0 aliphatic carbocycles. The van der Waals surface area contributed by atoms with E-state index in [4.69, 9.17) is 10.5 Å². The summed E-state index contributed by atoms with van der Waals surface area (Å²) >= 11 is 0. The SMILES string of the molecule is CC(C)N(CCC(C)(C)N)C(=O)OC(C)(C)C. The topological polar surface area (TPSA) is 55.6 Å². The fourth-order valence-corrected chi connectivity index (χ4v) is 1.29. The Hall–Kier alpha value is -0.770. The molecule has 4 heteroatoms. The van der Waals surface area contributed by atoms with Crippen molar-refractivity contribution in [3.63, 3.8) is 0 Å². The van der Waals surface area contributed by atoms with Crippen LogP contribution in [0.15, 0.2) is 0 Å². The smallest absolute Gasteiger partial charge is 0.410 e. The Bertz CT molecular complexity index is 249. The lowest BCUT2D eigenvalue weighted by Crippen LogP contribution is -2.44. The Morgan fingerprint density at radius 1 is 1.24 bits per heavy atom. The quantitative estimate of drug-likeness (QED) is 0.827. The molecule has 0 bridgehead atoms. The molecule has 4 nitrogen and oxygen atoms in total. The van der Waals surface area contributed by atoms with Crippen LogP contribution in [-0.4, -0.2) is 34.7 Å². The van der Waals surface area contributed by atoms with Crippen molar-refractivity contribution < 1.29 is 9.53 Å². The van der Waals surface area contributed by atoms with Gasteiger partial charge in [0.1, 0.15) is 5.60 Å². The maximum atomic E-state index is 12.0. The van der Waals surface area contributed by atoms with Gasteiger partial charge < -0.3 is 15.4 Å². The summed E-state index contributed by atoms with van der Waals surface area (Å²) in [5, 5.41) is 0. The van der Waals surface area contributed by atoms with E-state index in [-0.39, 0.29) is 17.7 Å². The zero-order chi connectivity index (χ0) is 13.9. The van der Waals surface area contributed by atoms with Gasteiger partial charge in [-0.25, -0.2) is 4.79 Å². The predicted octanol–water partition coefficient (Wildman–Crippen LogP) is 2.76. The molecule has 0 aliphatic heterocycles. The zero-order valence-electron chi connectivity index (χ0n) is 12.3. The third kappa shape index (κ3) is 8.02. The minimum Gasteiger partial charge on any atom is -0.444 e. The summed E-state index contributed by atoms with van der Waals surface area (Å²) in [6, 6.07) is 0.118. The maximum absolute atomic E-state index is 12.0. The summed E-state index contributed by atoms with van der Waals surface area (Å²) in [6.07, 6.45) is 0.487. The predicted molar refractivity (Wildman–Crippen MR) is 71.0 cm³/mol. The van der Waals surface area contributed by atoms with Crippen molar-refractivity contribution >= 4 is 6.09 Å². The van der Waals surface area contributed by atoms with E-state index in [1.165, 1.54) is 0 Å². The van der Waals surface area contributed by atoms with Crippen LogP contribution in [0, 0.1) is 0 Å². The van der Waals surface area contributed by atoms with Crippen LogP contribution < -0.4 is 5.73 Å². The molecule has 0 aromatic heterocycles. The van der Waals surface area contributed by atoms with Crippen LogP contribution in [0.2, 0.25) is 0 Å². The van der Waals surface area contributed by atoms with Crippen molar-refractivity contribution in [2.45, 2.75) is 72.1 Å². The van der Waals surface area contributed by atoms with Crippen LogP contribution in [0.5, 0.6) is 0 Å². The number of carbonyl (C=O) groups excluding carboxylic acids is 1. The fraction of sp³-hybridized carbons (Fsp3) is 0.923. The third-order valence-electron chi connectivity index (χ3n) is 2.25. The minimum atomic E-state index is -0.456. The number of rotatable bonds is 4. The van der Waals surface area contributed by atoms with Gasteiger partial charge in [0.15, 0.2) is 0 Å². The highest BCUT2D eigenvalue weighted by atomic mass is 16.6. The van der Waals surface area contributed by atoms with E-state index in [1.54, 1.807) is 4.90 Å². The molecular weight excluding hydrogens is 216 g/mol. The second kappa shape index (κ2) is 5.71. The van der Waals surface area contributed by atoms with Crippen molar-refractivity contribution in [1.29, 1.82) is 0 Å². The number of nitrogens with zero attached hydrogens (tertiary/aromatic N) is 1. The number of hydrogen-bond donors (Lipinski definition) is 1. The molecule has 0 atom stereocenters. The molecule has 102 valence electrons. The average Bonchev–Trinajstić information content (AvgIpc) is 1.96. The normalized spacial score (nSPS) is 12.8. The van der Waals surface area contributed by atoms with E-state index >= 15 is 0 Å². The summed E-state index contributed by atoms with van der Waals surface area (Å²) in [5.41, 5.74) is 5.21. The zero-order valence-corrected chi connectivity index (χ0v) is 12.3. The Kier molecular flexibility index (Phi) is 5.46. The number of amides is 1. The average molecular weight is 244 g/mol. The minimum absolute atomic E-state index is 0.118. The van der Waals surface area contributed by atoms with Gasteiger partial charge in [0.2, 0.25) is 0 Å². The van der Waals surface area contributed by atoms with E-state index in [9.17, 15) is 4.79 Å². The summed E-state index contributed by atoms with van der Waals surface area (Å²) in [6.45, 7) is 14.1. The summed E-state index contributed by atoms with van der Waals surface area (Å²) in [4.78, 5) is 13.7. The Balaban J connectivity index is 4.48. The first-order valence-electron chi connectivity index (χ1n) is 6.21. The number of ether oxygens (including phenoxy) is 1. The second-order valence-electron chi connectivity index (χ2n) is 6.51. The molecule has 0 aromatic rings. The van der Waals surface area contributed by atoms with Gasteiger partial charge in [0, 0.05) is 18.1 Å². The highest BCUT2D eigenvalue weighted by molar-refractivity contribution is 5.68. The molecule has 0 saturated heterocycles. The van der Waals surface area contributed by atoms with Gasteiger partial charge in [-0.05, 0) is 54.9 Å². The molecule has 0 heterocycles. The van der Waals surface area contributed by atoms with Crippen LogP contribution in [0.3, 0.4) is 0 Å². The molecule has 1 amide bonds. The van der Waals surface area contributed by atoms with Crippen molar-refractivity contribution in [2.75, 3.05) is 6.54 Å². The lowest BCUT2D eigenvalue weighted by atomic mass is 10.0.